The maximum atomic E-state index is 12.3. The maximum absolute atomic E-state index is 12.3. The number of hydrogen-bond acceptors (Lipinski definition) is 2. The lowest BCUT2D eigenvalue weighted by Crippen LogP contribution is -2.12. The largest absolute Gasteiger partial charge is 0.384 e. The molecule has 0 unspecified atom stereocenters. The molecule has 3 rings (SSSR count). The van der Waals surface area contributed by atoms with Gasteiger partial charge in [-0.25, -0.2) is 0 Å². The molecule has 0 bridgehead atoms. The van der Waals surface area contributed by atoms with Gasteiger partial charge >= 0.3 is 0 Å². The molecule has 4 heteroatoms. The number of halogens is 1. The fourth-order valence-electron chi connectivity index (χ4n) is 2.45. The topological polar surface area (TPSA) is 41.1 Å². The molecule has 1 aliphatic rings. The molecular weight excluding hydrogens is 316 g/mol. The zero-order chi connectivity index (χ0) is 14.1. The quantitative estimate of drug-likeness (QED) is 0.874. The number of hydrogen-bond donors (Lipinski definition) is 2. The highest BCUT2D eigenvalue weighted by atomic mass is 79.9. The number of fused-ring (bicyclic) bond motifs is 1. The lowest BCUT2D eigenvalue weighted by Gasteiger charge is -2.08. The van der Waals surface area contributed by atoms with Crippen LogP contribution >= 0.6 is 15.9 Å². The summed E-state index contributed by atoms with van der Waals surface area (Å²) in [6.07, 6.45) is 1.01. The molecule has 0 spiro atoms. The van der Waals surface area contributed by atoms with Crippen LogP contribution in [0.5, 0.6) is 0 Å². The van der Waals surface area contributed by atoms with Crippen LogP contribution in [0, 0.1) is 6.92 Å². The minimum Gasteiger partial charge on any atom is -0.384 e. The first-order chi connectivity index (χ1) is 9.61. The normalized spacial score (nSPS) is 12.7. The van der Waals surface area contributed by atoms with E-state index in [1.165, 1.54) is 11.3 Å². The SMILES string of the molecule is Cc1cc(Br)cc(C(=O)Nc2ccc3c(c2)CCN3)c1. The smallest absolute Gasteiger partial charge is 0.255 e. The van der Waals surface area contributed by atoms with Gasteiger partial charge in [-0.3, -0.25) is 4.79 Å². The van der Waals surface area contributed by atoms with Gasteiger partial charge in [-0.05, 0) is 60.9 Å². The summed E-state index contributed by atoms with van der Waals surface area (Å²) in [6, 6.07) is 11.7. The zero-order valence-electron chi connectivity index (χ0n) is 11.2. The third kappa shape index (κ3) is 2.70. The molecule has 102 valence electrons. The van der Waals surface area contributed by atoms with Crippen molar-refractivity contribution >= 4 is 33.2 Å². The lowest BCUT2D eigenvalue weighted by molar-refractivity contribution is 0.102. The predicted molar refractivity (Wildman–Crippen MR) is 85.5 cm³/mol. The average Bonchev–Trinajstić information content (AvgIpc) is 2.85. The summed E-state index contributed by atoms with van der Waals surface area (Å²) in [7, 11) is 0. The van der Waals surface area contributed by atoms with E-state index >= 15 is 0 Å². The Morgan fingerprint density at radius 3 is 2.90 bits per heavy atom. The number of nitrogens with one attached hydrogen (secondary N) is 2. The molecular formula is C16H15BrN2O. The van der Waals surface area contributed by atoms with Crippen molar-refractivity contribution in [1.82, 2.24) is 0 Å². The van der Waals surface area contributed by atoms with Gasteiger partial charge in [0.25, 0.3) is 5.91 Å². The molecule has 0 saturated heterocycles. The van der Waals surface area contributed by atoms with Crippen LogP contribution in [-0.4, -0.2) is 12.5 Å². The van der Waals surface area contributed by atoms with Gasteiger partial charge in [0.15, 0.2) is 0 Å². The number of rotatable bonds is 2. The summed E-state index contributed by atoms with van der Waals surface area (Å²) in [5.41, 5.74) is 4.99. The van der Waals surface area contributed by atoms with Crippen molar-refractivity contribution in [1.29, 1.82) is 0 Å². The average molecular weight is 331 g/mol. The molecule has 20 heavy (non-hydrogen) atoms. The van der Waals surface area contributed by atoms with Crippen LogP contribution in [0.4, 0.5) is 11.4 Å². The van der Waals surface area contributed by atoms with Crippen LogP contribution in [0.25, 0.3) is 0 Å². The Bertz CT molecular complexity index is 662. The van der Waals surface area contributed by atoms with E-state index in [9.17, 15) is 4.79 Å². The molecule has 1 aliphatic heterocycles. The summed E-state index contributed by atoms with van der Waals surface area (Å²) < 4.78 is 0.917. The van der Waals surface area contributed by atoms with E-state index in [0.717, 1.165) is 28.7 Å². The third-order valence-electron chi connectivity index (χ3n) is 3.38. The number of benzene rings is 2. The van der Waals surface area contributed by atoms with Crippen molar-refractivity contribution in [3.05, 3.63) is 57.6 Å². The fourth-order valence-corrected chi connectivity index (χ4v) is 3.06. The van der Waals surface area contributed by atoms with Crippen molar-refractivity contribution in [2.75, 3.05) is 17.2 Å². The van der Waals surface area contributed by atoms with Crippen molar-refractivity contribution < 1.29 is 4.79 Å². The van der Waals surface area contributed by atoms with E-state index in [0.29, 0.717) is 5.56 Å². The third-order valence-corrected chi connectivity index (χ3v) is 3.84. The molecule has 1 heterocycles. The first-order valence-electron chi connectivity index (χ1n) is 6.57. The van der Waals surface area contributed by atoms with Crippen LogP contribution in [0.1, 0.15) is 21.5 Å². The van der Waals surface area contributed by atoms with E-state index in [1.807, 2.05) is 43.3 Å². The van der Waals surface area contributed by atoms with Crippen LogP contribution in [-0.2, 0) is 6.42 Å². The Hall–Kier alpha value is -1.81. The van der Waals surface area contributed by atoms with Gasteiger partial charge in [0.05, 0.1) is 0 Å². The molecule has 0 atom stereocenters. The molecule has 3 nitrogen and oxygen atoms in total. The van der Waals surface area contributed by atoms with Crippen LogP contribution in [0.3, 0.4) is 0 Å². The van der Waals surface area contributed by atoms with E-state index in [4.69, 9.17) is 0 Å². The second kappa shape index (κ2) is 5.29. The number of anilines is 2. The highest BCUT2D eigenvalue weighted by molar-refractivity contribution is 9.10. The molecule has 0 aromatic heterocycles. The standard InChI is InChI=1S/C16H15BrN2O/c1-10-6-12(8-13(17)7-10)16(20)19-14-2-3-15-11(9-14)4-5-18-15/h2-3,6-9,18H,4-5H2,1H3,(H,19,20). The molecule has 2 N–H and O–H groups in total. The summed E-state index contributed by atoms with van der Waals surface area (Å²) in [6.45, 7) is 2.94. The van der Waals surface area contributed by atoms with Gasteiger partial charge in [0.2, 0.25) is 0 Å². The van der Waals surface area contributed by atoms with Gasteiger partial charge in [-0.2, -0.15) is 0 Å². The van der Waals surface area contributed by atoms with E-state index in [-0.39, 0.29) is 5.91 Å². The van der Waals surface area contributed by atoms with Crippen molar-refractivity contribution in [2.45, 2.75) is 13.3 Å². The Morgan fingerprint density at radius 1 is 1.25 bits per heavy atom. The van der Waals surface area contributed by atoms with E-state index in [1.54, 1.807) is 0 Å². The lowest BCUT2D eigenvalue weighted by atomic mass is 10.1. The van der Waals surface area contributed by atoms with E-state index in [2.05, 4.69) is 26.6 Å². The van der Waals surface area contributed by atoms with Gasteiger partial charge in [-0.1, -0.05) is 15.9 Å². The predicted octanol–water partition coefficient (Wildman–Crippen LogP) is 3.98. The Balaban J connectivity index is 1.82. The molecule has 0 saturated carbocycles. The van der Waals surface area contributed by atoms with Gasteiger partial charge in [-0.15, -0.1) is 0 Å². The number of carbonyl (C=O) groups excluding carboxylic acids is 1. The minimum atomic E-state index is -0.0830. The van der Waals surface area contributed by atoms with Crippen molar-refractivity contribution in [3.63, 3.8) is 0 Å². The van der Waals surface area contributed by atoms with Crippen LogP contribution < -0.4 is 10.6 Å². The number of amides is 1. The first-order valence-corrected chi connectivity index (χ1v) is 7.36. The highest BCUT2D eigenvalue weighted by Gasteiger charge is 2.12. The Kier molecular flexibility index (Phi) is 3.49. The van der Waals surface area contributed by atoms with Gasteiger partial charge in [0, 0.05) is 28.0 Å². The van der Waals surface area contributed by atoms with Crippen molar-refractivity contribution in [2.24, 2.45) is 0 Å². The van der Waals surface area contributed by atoms with E-state index < -0.39 is 0 Å². The highest BCUT2D eigenvalue weighted by Crippen LogP contribution is 2.25. The second-order valence-corrected chi connectivity index (χ2v) is 5.94. The molecule has 1 amide bonds. The first kappa shape index (κ1) is 13.2. The van der Waals surface area contributed by atoms with Gasteiger partial charge in [0.1, 0.15) is 0 Å². The fraction of sp³-hybridized carbons (Fsp3) is 0.188. The molecule has 0 aliphatic carbocycles. The number of carbonyl (C=O) groups is 1. The minimum absolute atomic E-state index is 0.0830. The van der Waals surface area contributed by atoms with Crippen molar-refractivity contribution in [3.8, 4) is 0 Å². The Labute approximate surface area is 126 Å². The summed E-state index contributed by atoms with van der Waals surface area (Å²) in [4.78, 5) is 12.3. The van der Waals surface area contributed by atoms with Crippen LogP contribution in [0.15, 0.2) is 40.9 Å². The molecule has 0 radical (unpaired) electrons. The number of aryl methyl sites for hydroxylation is 1. The maximum Gasteiger partial charge on any atom is 0.255 e. The molecule has 0 fully saturated rings. The summed E-state index contributed by atoms with van der Waals surface area (Å²) >= 11 is 3.42. The second-order valence-electron chi connectivity index (χ2n) is 5.02. The van der Waals surface area contributed by atoms with Gasteiger partial charge < -0.3 is 10.6 Å². The Morgan fingerprint density at radius 2 is 2.10 bits per heavy atom. The zero-order valence-corrected chi connectivity index (χ0v) is 12.8. The molecule has 2 aromatic carbocycles. The monoisotopic (exact) mass is 330 g/mol. The summed E-state index contributed by atoms with van der Waals surface area (Å²) in [5.74, 6) is -0.0830. The molecule has 2 aromatic rings. The van der Waals surface area contributed by atoms with Crippen LogP contribution in [0.2, 0.25) is 0 Å². The summed E-state index contributed by atoms with van der Waals surface area (Å²) in [5, 5.41) is 6.26.